The second-order valence-electron chi connectivity index (χ2n) is 10.5. The molecule has 2 aromatic heterocycles. The van der Waals surface area contributed by atoms with Gasteiger partial charge in [-0.1, -0.05) is 6.07 Å². The van der Waals surface area contributed by atoms with E-state index in [0.717, 1.165) is 46.0 Å². The van der Waals surface area contributed by atoms with Crippen LogP contribution < -0.4 is 26.4 Å². The fourth-order valence-corrected chi connectivity index (χ4v) is 5.79. The Balaban J connectivity index is 1.25. The summed E-state index contributed by atoms with van der Waals surface area (Å²) in [5.74, 6) is 0.663. The number of amides is 1. The molecule has 0 aliphatic carbocycles. The van der Waals surface area contributed by atoms with E-state index >= 15 is 0 Å². The number of carbonyl (C=O) groups is 1. The van der Waals surface area contributed by atoms with Crippen LogP contribution in [-0.2, 0) is 11.2 Å². The molecule has 5 rings (SSSR count). The zero-order chi connectivity index (χ0) is 24.9. The molecule has 0 spiro atoms. The lowest BCUT2D eigenvalue weighted by Crippen LogP contribution is -2.45. The Morgan fingerprint density at radius 1 is 1.29 bits per heavy atom. The monoisotopic (exact) mass is 489 g/mol. The van der Waals surface area contributed by atoms with Gasteiger partial charge in [0, 0.05) is 35.9 Å². The fraction of sp³-hybridized carbons (Fsp3) is 0.391. The molecular weight excluding hydrogens is 459 g/mol. The van der Waals surface area contributed by atoms with Gasteiger partial charge < -0.3 is 31.2 Å². The van der Waals surface area contributed by atoms with Crippen LogP contribution >= 0.6 is 11.3 Å². The van der Waals surface area contributed by atoms with Gasteiger partial charge in [-0.15, -0.1) is 11.3 Å². The summed E-state index contributed by atoms with van der Waals surface area (Å²) in [6.45, 7) is 3.82. The molecular formula is C23H30B3N5O3S. The minimum Gasteiger partial charge on any atom is -0.491 e. The maximum Gasteiger partial charge on any atom is 0.263 e. The highest BCUT2D eigenvalue weighted by molar-refractivity contribution is 7.21. The third kappa shape index (κ3) is 5.01. The van der Waals surface area contributed by atoms with Gasteiger partial charge in [-0.05, 0) is 42.4 Å². The average Bonchev–Trinajstić information content (AvgIpc) is 3.31. The number of rotatable bonds is 5. The van der Waals surface area contributed by atoms with Crippen LogP contribution in [0.4, 0.5) is 11.4 Å². The van der Waals surface area contributed by atoms with Crippen LogP contribution in [0.3, 0.4) is 0 Å². The number of ether oxygens (including phenoxy) is 2. The van der Waals surface area contributed by atoms with Crippen LogP contribution in [0.2, 0.25) is 0 Å². The topological polar surface area (TPSA) is 116 Å². The zero-order valence-corrected chi connectivity index (χ0v) is 21.4. The highest BCUT2D eigenvalue weighted by atomic mass is 32.1. The number of nitrogen functional groups attached to an aromatic ring is 1. The Hall–Kier alpha value is -2.69. The standard InChI is InChI=1S/C23H30B3N5O3S/c1-11-2-5-15-19(28)20(35-22(15)29-11)21(32)30-13-6-12-3-4-14(7-17(12)33-10-13)31-8-16(27)18(9-31)34-23(24,25)26/h2-5,7,13,16,18H,6,8-10,24-28H2,1H3,(H,30,32)/t13-,16+,18+/m1/s1. The zero-order valence-electron chi connectivity index (χ0n) is 20.6. The number of thiophene rings is 1. The quantitative estimate of drug-likeness (QED) is 0.393. The van der Waals surface area contributed by atoms with Crippen LogP contribution in [0.1, 0.15) is 20.9 Å². The summed E-state index contributed by atoms with van der Waals surface area (Å²) in [5, 5.41) is 3.68. The number of nitrogens with zero attached hydrogens (tertiary/aromatic N) is 2. The van der Waals surface area contributed by atoms with Crippen molar-refractivity contribution < 1.29 is 14.3 Å². The van der Waals surface area contributed by atoms with Gasteiger partial charge in [0.15, 0.2) is 0 Å². The average molecular weight is 489 g/mol. The van der Waals surface area contributed by atoms with Crippen LogP contribution in [0.15, 0.2) is 30.3 Å². The Kier molecular flexibility index (Phi) is 6.23. The minimum atomic E-state index is -0.229. The molecule has 1 amide bonds. The highest BCUT2D eigenvalue weighted by Gasteiger charge is 2.34. The summed E-state index contributed by atoms with van der Waals surface area (Å²) < 4.78 is 12.2. The molecule has 35 heavy (non-hydrogen) atoms. The van der Waals surface area contributed by atoms with E-state index in [1.165, 1.54) is 11.3 Å². The second-order valence-corrected chi connectivity index (χ2v) is 11.5. The van der Waals surface area contributed by atoms with Crippen molar-refractivity contribution in [2.45, 2.75) is 36.8 Å². The number of nitrogens with two attached hydrogens (primary N) is 2. The minimum absolute atomic E-state index is 0.00741. The molecule has 1 aromatic carbocycles. The van der Waals surface area contributed by atoms with Crippen LogP contribution in [0.5, 0.6) is 5.75 Å². The first-order valence-electron chi connectivity index (χ1n) is 12.0. The van der Waals surface area contributed by atoms with Gasteiger partial charge in [-0.2, -0.15) is 0 Å². The SMILES string of the molecule is BC(B)(B)O[C@H]1CN(c2ccc3c(c2)OC[C@H](NC(=O)c2sc4nc(C)ccc4c2N)C3)C[C@@H]1N. The molecule has 8 nitrogen and oxygen atoms in total. The first-order valence-corrected chi connectivity index (χ1v) is 12.8. The summed E-state index contributed by atoms with van der Waals surface area (Å²) in [6.07, 6.45) is 0.686. The maximum absolute atomic E-state index is 13.0. The third-order valence-electron chi connectivity index (χ3n) is 6.41. The lowest BCUT2D eigenvalue weighted by Gasteiger charge is -2.28. The van der Waals surface area contributed by atoms with E-state index in [1.807, 2.05) is 19.1 Å². The molecule has 2 aliphatic heterocycles. The van der Waals surface area contributed by atoms with Crippen molar-refractivity contribution >= 4 is 62.4 Å². The Labute approximate surface area is 212 Å². The predicted molar refractivity (Wildman–Crippen MR) is 149 cm³/mol. The van der Waals surface area contributed by atoms with Crippen molar-refractivity contribution in [1.29, 1.82) is 0 Å². The van der Waals surface area contributed by atoms with Gasteiger partial charge in [-0.3, -0.25) is 4.79 Å². The van der Waals surface area contributed by atoms with Crippen molar-refractivity contribution in [1.82, 2.24) is 10.3 Å². The van der Waals surface area contributed by atoms with Gasteiger partial charge in [0.1, 0.15) is 45.6 Å². The molecule has 0 saturated carbocycles. The molecule has 180 valence electrons. The van der Waals surface area contributed by atoms with E-state index in [4.69, 9.17) is 20.9 Å². The van der Waals surface area contributed by atoms with Gasteiger partial charge in [0.25, 0.3) is 5.91 Å². The molecule has 1 saturated heterocycles. The Bertz CT molecular complexity index is 1280. The van der Waals surface area contributed by atoms with E-state index in [-0.39, 0.29) is 29.4 Å². The summed E-state index contributed by atoms with van der Waals surface area (Å²) in [7, 11) is 6.16. The lowest BCUT2D eigenvalue weighted by molar-refractivity contribution is 0.0517. The first-order chi connectivity index (χ1) is 16.6. The summed E-state index contributed by atoms with van der Waals surface area (Å²) >= 11 is 1.32. The first kappa shape index (κ1) is 24.0. The molecule has 5 N–H and O–H groups in total. The van der Waals surface area contributed by atoms with E-state index < -0.39 is 0 Å². The summed E-state index contributed by atoms with van der Waals surface area (Å²) in [4.78, 5) is 21.0. The number of benzene rings is 1. The second kappa shape index (κ2) is 9.07. The molecule has 3 aromatic rings. The van der Waals surface area contributed by atoms with Crippen LogP contribution in [-0.4, -0.2) is 77.6 Å². The largest absolute Gasteiger partial charge is 0.491 e. The number of nitrogens with one attached hydrogen (secondary N) is 1. The number of aromatic nitrogens is 1. The maximum atomic E-state index is 13.0. The smallest absolute Gasteiger partial charge is 0.263 e. The number of pyridine rings is 1. The van der Waals surface area contributed by atoms with Crippen molar-refractivity contribution in [2.24, 2.45) is 5.73 Å². The van der Waals surface area contributed by atoms with Gasteiger partial charge >= 0.3 is 0 Å². The predicted octanol–water partition coefficient (Wildman–Crippen LogP) is -1.04. The molecule has 3 atom stereocenters. The van der Waals surface area contributed by atoms with Gasteiger partial charge in [-0.25, -0.2) is 4.98 Å². The third-order valence-corrected chi connectivity index (χ3v) is 7.52. The van der Waals surface area contributed by atoms with Crippen molar-refractivity contribution in [3.8, 4) is 5.75 Å². The summed E-state index contributed by atoms with van der Waals surface area (Å²) in [6, 6.07) is 9.89. The molecule has 0 unspecified atom stereocenters. The molecule has 1 fully saturated rings. The number of carbonyl (C=O) groups excluding carboxylic acids is 1. The van der Waals surface area contributed by atoms with Gasteiger partial charge in [0.05, 0.1) is 23.9 Å². The van der Waals surface area contributed by atoms with Crippen LogP contribution in [0, 0.1) is 6.92 Å². The van der Waals surface area contributed by atoms with Crippen LogP contribution in [0.25, 0.3) is 10.2 Å². The number of aryl methyl sites for hydroxylation is 1. The Morgan fingerprint density at radius 3 is 2.86 bits per heavy atom. The molecule has 12 heteroatoms. The van der Waals surface area contributed by atoms with Gasteiger partial charge in [0.2, 0.25) is 0 Å². The van der Waals surface area contributed by atoms with Crippen molar-refractivity contribution in [2.75, 3.05) is 30.3 Å². The lowest BCUT2D eigenvalue weighted by atomic mass is 9.52. The number of fused-ring (bicyclic) bond motifs is 2. The number of anilines is 2. The number of hydrogen-bond acceptors (Lipinski definition) is 8. The normalized spacial score (nSPS) is 22.1. The molecule has 2 aliphatic rings. The fourth-order valence-electron chi connectivity index (χ4n) is 4.75. The highest BCUT2D eigenvalue weighted by Crippen LogP contribution is 2.34. The summed E-state index contributed by atoms with van der Waals surface area (Å²) in [5.41, 5.74) is 16.1. The van der Waals surface area contributed by atoms with E-state index in [1.54, 1.807) is 0 Å². The van der Waals surface area contributed by atoms with E-state index in [2.05, 4.69) is 56.9 Å². The Morgan fingerprint density at radius 2 is 2.09 bits per heavy atom. The van der Waals surface area contributed by atoms with E-state index in [9.17, 15) is 4.79 Å². The molecule has 4 heterocycles. The van der Waals surface area contributed by atoms with Crippen molar-refractivity contribution in [3.05, 3.63) is 46.5 Å². The number of hydrogen-bond donors (Lipinski definition) is 3. The van der Waals surface area contributed by atoms with Crippen molar-refractivity contribution in [3.63, 3.8) is 0 Å². The molecule has 0 bridgehead atoms. The van der Waals surface area contributed by atoms with E-state index in [0.29, 0.717) is 23.6 Å². The molecule has 0 radical (unpaired) electrons.